The molecule has 0 aliphatic heterocycles. The van der Waals surface area contributed by atoms with Crippen molar-refractivity contribution in [3.8, 4) is 0 Å². The second-order valence-electron chi connectivity index (χ2n) is 6.60. The van der Waals surface area contributed by atoms with E-state index in [1.54, 1.807) is 6.07 Å². The van der Waals surface area contributed by atoms with E-state index in [9.17, 15) is 4.79 Å². The van der Waals surface area contributed by atoms with E-state index in [1.807, 2.05) is 32.0 Å². The molecule has 1 saturated carbocycles. The van der Waals surface area contributed by atoms with Crippen LogP contribution in [0, 0.1) is 13.8 Å². The van der Waals surface area contributed by atoms with Gasteiger partial charge in [-0.2, -0.15) is 0 Å². The second kappa shape index (κ2) is 7.83. The number of aryl methyl sites for hydroxylation is 1. The normalized spacial score (nSPS) is 16.2. The SMILES string of the molecule is Cc1nc(SC(C)C(=O)Nc2ccccc2Cl)n(C2CCCC2)c1C. The molecule has 1 aromatic heterocycles. The fourth-order valence-corrected chi connectivity index (χ4v) is 4.53. The summed E-state index contributed by atoms with van der Waals surface area (Å²) in [6, 6.07) is 7.81. The van der Waals surface area contributed by atoms with Crippen LogP contribution in [0.2, 0.25) is 5.02 Å². The zero-order valence-corrected chi connectivity index (χ0v) is 16.5. The third kappa shape index (κ3) is 4.04. The van der Waals surface area contributed by atoms with Crippen LogP contribution in [0.15, 0.2) is 29.4 Å². The van der Waals surface area contributed by atoms with Gasteiger partial charge in [-0.3, -0.25) is 4.79 Å². The number of thioether (sulfide) groups is 1. The summed E-state index contributed by atoms with van der Waals surface area (Å²) in [7, 11) is 0. The quantitative estimate of drug-likeness (QED) is 0.711. The Morgan fingerprint density at radius 3 is 2.68 bits per heavy atom. The van der Waals surface area contributed by atoms with Gasteiger partial charge >= 0.3 is 0 Å². The van der Waals surface area contributed by atoms with Gasteiger partial charge in [-0.05, 0) is 45.7 Å². The van der Waals surface area contributed by atoms with E-state index in [1.165, 1.54) is 43.1 Å². The van der Waals surface area contributed by atoms with Crippen LogP contribution in [0.25, 0.3) is 0 Å². The van der Waals surface area contributed by atoms with Crippen molar-refractivity contribution >= 4 is 35.0 Å². The standard InChI is InChI=1S/C19H24ClN3OS/c1-12-13(2)23(15-8-4-5-9-15)19(21-12)25-14(3)18(24)22-17-11-7-6-10-16(17)20/h6-7,10-11,14-15H,4-5,8-9H2,1-3H3,(H,22,24). The number of imidazole rings is 1. The Morgan fingerprint density at radius 1 is 1.32 bits per heavy atom. The van der Waals surface area contributed by atoms with Crippen LogP contribution in [-0.2, 0) is 4.79 Å². The highest BCUT2D eigenvalue weighted by atomic mass is 35.5. The number of para-hydroxylation sites is 1. The van der Waals surface area contributed by atoms with Gasteiger partial charge in [-0.25, -0.2) is 4.98 Å². The van der Waals surface area contributed by atoms with E-state index in [0.29, 0.717) is 16.8 Å². The molecular formula is C19H24ClN3OS. The van der Waals surface area contributed by atoms with Gasteiger partial charge in [0, 0.05) is 11.7 Å². The van der Waals surface area contributed by atoms with E-state index >= 15 is 0 Å². The van der Waals surface area contributed by atoms with Gasteiger partial charge < -0.3 is 9.88 Å². The monoisotopic (exact) mass is 377 g/mol. The number of aromatic nitrogens is 2. The third-order valence-corrected chi connectivity index (χ3v) is 6.22. The molecule has 3 rings (SSSR count). The highest BCUT2D eigenvalue weighted by molar-refractivity contribution is 8.00. The molecule has 25 heavy (non-hydrogen) atoms. The predicted molar refractivity (Wildman–Crippen MR) is 105 cm³/mol. The summed E-state index contributed by atoms with van der Waals surface area (Å²) < 4.78 is 2.34. The van der Waals surface area contributed by atoms with Gasteiger partial charge in [-0.15, -0.1) is 0 Å². The number of halogens is 1. The molecule has 0 bridgehead atoms. The number of nitrogens with one attached hydrogen (secondary N) is 1. The van der Waals surface area contributed by atoms with Crippen molar-refractivity contribution in [2.45, 2.75) is 62.9 Å². The summed E-state index contributed by atoms with van der Waals surface area (Å²) in [5.41, 5.74) is 2.91. The molecule has 1 heterocycles. The number of rotatable bonds is 5. The first kappa shape index (κ1) is 18.3. The Kier molecular flexibility index (Phi) is 5.74. The van der Waals surface area contributed by atoms with Crippen LogP contribution >= 0.6 is 23.4 Å². The molecule has 0 spiro atoms. The topological polar surface area (TPSA) is 46.9 Å². The maximum Gasteiger partial charge on any atom is 0.237 e. The fourth-order valence-electron chi connectivity index (χ4n) is 3.28. The molecule has 2 aromatic rings. The van der Waals surface area contributed by atoms with Gasteiger partial charge in [0.05, 0.1) is 21.7 Å². The molecule has 1 aliphatic rings. The number of benzene rings is 1. The minimum absolute atomic E-state index is 0.0608. The zero-order valence-electron chi connectivity index (χ0n) is 14.9. The number of hydrogen-bond acceptors (Lipinski definition) is 3. The maximum absolute atomic E-state index is 12.6. The molecular weight excluding hydrogens is 354 g/mol. The number of anilines is 1. The lowest BCUT2D eigenvalue weighted by molar-refractivity contribution is -0.115. The first-order chi connectivity index (χ1) is 12.0. The average Bonchev–Trinajstić information content (AvgIpc) is 3.18. The van der Waals surface area contributed by atoms with Gasteiger partial charge in [0.1, 0.15) is 0 Å². The Balaban J connectivity index is 1.74. The minimum Gasteiger partial charge on any atom is -0.324 e. The third-order valence-electron chi connectivity index (χ3n) is 4.83. The molecule has 0 saturated heterocycles. The molecule has 1 fully saturated rings. The van der Waals surface area contributed by atoms with Gasteiger partial charge in [0.25, 0.3) is 0 Å². The number of nitrogens with zero attached hydrogens (tertiary/aromatic N) is 2. The predicted octanol–water partition coefficient (Wildman–Crippen LogP) is 5.39. The van der Waals surface area contributed by atoms with Crippen LogP contribution in [0.4, 0.5) is 5.69 Å². The molecule has 1 amide bonds. The maximum atomic E-state index is 12.6. The minimum atomic E-state index is -0.252. The smallest absolute Gasteiger partial charge is 0.237 e. The van der Waals surface area contributed by atoms with E-state index in [-0.39, 0.29) is 11.2 Å². The summed E-state index contributed by atoms with van der Waals surface area (Å²) in [5.74, 6) is -0.0608. The van der Waals surface area contributed by atoms with Gasteiger partial charge in [-0.1, -0.05) is 48.3 Å². The van der Waals surface area contributed by atoms with Crippen LogP contribution in [-0.4, -0.2) is 20.7 Å². The number of amides is 1. The Bertz CT molecular complexity index is 768. The lowest BCUT2D eigenvalue weighted by Gasteiger charge is -2.19. The largest absolute Gasteiger partial charge is 0.324 e. The molecule has 1 unspecified atom stereocenters. The molecule has 1 aromatic carbocycles. The van der Waals surface area contributed by atoms with Gasteiger partial charge in [0.2, 0.25) is 5.91 Å². The van der Waals surface area contributed by atoms with Gasteiger partial charge in [0.15, 0.2) is 5.16 Å². The summed E-state index contributed by atoms with van der Waals surface area (Å²) in [6.07, 6.45) is 4.94. The van der Waals surface area contributed by atoms with Crippen molar-refractivity contribution in [1.29, 1.82) is 0 Å². The van der Waals surface area contributed by atoms with E-state index in [2.05, 4.69) is 16.8 Å². The summed E-state index contributed by atoms with van der Waals surface area (Å²) in [4.78, 5) is 17.3. The van der Waals surface area contributed by atoms with Crippen LogP contribution < -0.4 is 5.32 Å². The van der Waals surface area contributed by atoms with Crippen molar-refractivity contribution in [2.24, 2.45) is 0 Å². The zero-order chi connectivity index (χ0) is 18.0. The lowest BCUT2D eigenvalue weighted by Crippen LogP contribution is -2.23. The molecule has 4 nitrogen and oxygen atoms in total. The Morgan fingerprint density at radius 2 is 2.00 bits per heavy atom. The fraction of sp³-hybridized carbons (Fsp3) is 0.474. The lowest BCUT2D eigenvalue weighted by atomic mass is 10.2. The molecule has 1 N–H and O–H groups in total. The molecule has 0 radical (unpaired) electrons. The van der Waals surface area contributed by atoms with Crippen LogP contribution in [0.5, 0.6) is 0 Å². The molecule has 1 aliphatic carbocycles. The van der Waals surface area contributed by atoms with Crippen LogP contribution in [0.3, 0.4) is 0 Å². The highest BCUT2D eigenvalue weighted by Gasteiger charge is 2.26. The van der Waals surface area contributed by atoms with Crippen molar-refractivity contribution in [3.63, 3.8) is 0 Å². The second-order valence-corrected chi connectivity index (χ2v) is 8.32. The van der Waals surface area contributed by atoms with Crippen molar-refractivity contribution in [2.75, 3.05) is 5.32 Å². The molecule has 6 heteroatoms. The summed E-state index contributed by atoms with van der Waals surface area (Å²) in [5, 5.41) is 4.16. The number of carbonyl (C=O) groups excluding carboxylic acids is 1. The van der Waals surface area contributed by atoms with Crippen molar-refractivity contribution < 1.29 is 4.79 Å². The average molecular weight is 378 g/mol. The number of carbonyl (C=O) groups is 1. The first-order valence-electron chi connectivity index (χ1n) is 8.75. The van der Waals surface area contributed by atoms with E-state index in [0.717, 1.165) is 10.9 Å². The van der Waals surface area contributed by atoms with Crippen molar-refractivity contribution in [3.05, 3.63) is 40.7 Å². The summed E-state index contributed by atoms with van der Waals surface area (Å²) >= 11 is 7.65. The van der Waals surface area contributed by atoms with Crippen molar-refractivity contribution in [1.82, 2.24) is 9.55 Å². The number of hydrogen-bond donors (Lipinski definition) is 1. The summed E-state index contributed by atoms with van der Waals surface area (Å²) in [6.45, 7) is 6.08. The highest BCUT2D eigenvalue weighted by Crippen LogP contribution is 2.36. The van der Waals surface area contributed by atoms with E-state index in [4.69, 9.17) is 16.6 Å². The Labute approximate surface area is 158 Å². The van der Waals surface area contributed by atoms with E-state index < -0.39 is 0 Å². The Hall–Kier alpha value is -1.46. The molecule has 134 valence electrons. The molecule has 1 atom stereocenters. The van der Waals surface area contributed by atoms with Crippen LogP contribution in [0.1, 0.15) is 50.0 Å². The first-order valence-corrected chi connectivity index (χ1v) is 10.0.